The number of carbonyl (C=O) groups is 2. The number of esters is 1. The fourth-order valence-electron chi connectivity index (χ4n) is 1.50. The van der Waals surface area contributed by atoms with Crippen molar-refractivity contribution in [2.24, 2.45) is 5.73 Å². The number of hydrogen-bond donors (Lipinski definition) is 2. The highest BCUT2D eigenvalue weighted by Crippen LogP contribution is 2.20. The van der Waals surface area contributed by atoms with Crippen LogP contribution < -0.4 is 15.2 Å². The summed E-state index contributed by atoms with van der Waals surface area (Å²) in [6.07, 6.45) is 1.21. The molecule has 0 atom stereocenters. The predicted molar refractivity (Wildman–Crippen MR) is 65.1 cm³/mol. The van der Waals surface area contributed by atoms with Crippen LogP contribution in [0.5, 0.6) is 11.6 Å². The SMILES string of the molecule is COc1ccccc1C(=O)Oc1[nH]cnc1C(N)=O. The number of aromatic amines is 1. The number of benzene rings is 1. The normalized spacial score (nSPS) is 9.95. The van der Waals surface area contributed by atoms with Crippen LogP contribution in [0.1, 0.15) is 20.8 Å². The van der Waals surface area contributed by atoms with E-state index in [1.165, 1.54) is 13.4 Å². The van der Waals surface area contributed by atoms with E-state index in [4.69, 9.17) is 15.2 Å². The van der Waals surface area contributed by atoms with Crippen LogP contribution >= 0.6 is 0 Å². The van der Waals surface area contributed by atoms with Crippen molar-refractivity contribution in [3.8, 4) is 11.6 Å². The van der Waals surface area contributed by atoms with E-state index in [0.717, 1.165) is 0 Å². The fourth-order valence-corrected chi connectivity index (χ4v) is 1.50. The Balaban J connectivity index is 2.26. The fraction of sp³-hybridized carbons (Fsp3) is 0.0833. The molecule has 1 amide bonds. The number of methoxy groups -OCH3 is 1. The van der Waals surface area contributed by atoms with Gasteiger partial charge in [-0.3, -0.25) is 4.79 Å². The number of nitrogens with zero attached hydrogens (tertiary/aromatic N) is 1. The van der Waals surface area contributed by atoms with Crippen LogP contribution in [-0.2, 0) is 0 Å². The maximum absolute atomic E-state index is 12.0. The molecule has 0 bridgehead atoms. The Hall–Kier alpha value is -2.83. The lowest BCUT2D eigenvalue weighted by Crippen LogP contribution is -2.16. The summed E-state index contributed by atoms with van der Waals surface area (Å²) in [5.41, 5.74) is 5.19. The van der Waals surface area contributed by atoms with Gasteiger partial charge in [0.1, 0.15) is 11.3 Å². The van der Waals surface area contributed by atoms with Crippen molar-refractivity contribution in [1.29, 1.82) is 0 Å². The number of rotatable bonds is 4. The van der Waals surface area contributed by atoms with Crippen molar-refractivity contribution in [2.75, 3.05) is 7.11 Å². The van der Waals surface area contributed by atoms with E-state index in [1.54, 1.807) is 24.3 Å². The lowest BCUT2D eigenvalue weighted by atomic mass is 10.2. The summed E-state index contributed by atoms with van der Waals surface area (Å²) in [6, 6.07) is 6.56. The molecule has 0 saturated carbocycles. The minimum absolute atomic E-state index is 0.0941. The second-order valence-corrected chi connectivity index (χ2v) is 3.53. The highest BCUT2D eigenvalue weighted by Gasteiger charge is 2.19. The molecule has 7 heteroatoms. The van der Waals surface area contributed by atoms with Gasteiger partial charge in [0.15, 0.2) is 5.69 Å². The van der Waals surface area contributed by atoms with Crippen LogP contribution in [0.15, 0.2) is 30.6 Å². The number of aromatic nitrogens is 2. The van der Waals surface area contributed by atoms with Gasteiger partial charge < -0.3 is 20.2 Å². The summed E-state index contributed by atoms with van der Waals surface area (Å²) < 4.78 is 10.1. The van der Waals surface area contributed by atoms with Crippen molar-refractivity contribution in [1.82, 2.24) is 9.97 Å². The molecule has 0 aliphatic heterocycles. The first kappa shape index (κ1) is 12.6. The third kappa shape index (κ3) is 2.54. The van der Waals surface area contributed by atoms with E-state index in [1.807, 2.05) is 0 Å². The van der Waals surface area contributed by atoms with Gasteiger partial charge in [0, 0.05) is 0 Å². The predicted octanol–water partition coefficient (Wildman–Crippen LogP) is 0.736. The Morgan fingerprint density at radius 2 is 2.05 bits per heavy atom. The van der Waals surface area contributed by atoms with Gasteiger partial charge in [0.2, 0.25) is 5.88 Å². The van der Waals surface area contributed by atoms with Crippen LogP contribution in [-0.4, -0.2) is 29.0 Å². The van der Waals surface area contributed by atoms with Crippen molar-refractivity contribution in [2.45, 2.75) is 0 Å². The van der Waals surface area contributed by atoms with Gasteiger partial charge in [-0.15, -0.1) is 0 Å². The summed E-state index contributed by atoms with van der Waals surface area (Å²) in [5.74, 6) is -1.19. The summed E-state index contributed by atoms with van der Waals surface area (Å²) >= 11 is 0. The molecule has 0 saturated heterocycles. The molecule has 1 aromatic heterocycles. The van der Waals surface area contributed by atoms with Crippen molar-refractivity contribution in [3.63, 3.8) is 0 Å². The van der Waals surface area contributed by atoms with Crippen molar-refractivity contribution in [3.05, 3.63) is 41.9 Å². The van der Waals surface area contributed by atoms with Gasteiger partial charge in [-0.2, -0.15) is 0 Å². The van der Waals surface area contributed by atoms with Crippen LogP contribution in [0, 0.1) is 0 Å². The molecule has 0 aliphatic rings. The summed E-state index contributed by atoms with van der Waals surface area (Å²) in [5, 5.41) is 0. The Morgan fingerprint density at radius 1 is 1.32 bits per heavy atom. The maximum atomic E-state index is 12.0. The molecule has 2 aromatic rings. The number of nitrogens with one attached hydrogen (secondary N) is 1. The number of imidazole rings is 1. The average Bonchev–Trinajstić information content (AvgIpc) is 2.87. The van der Waals surface area contributed by atoms with Crippen LogP contribution in [0.2, 0.25) is 0 Å². The number of ether oxygens (including phenoxy) is 2. The molecule has 0 aliphatic carbocycles. The molecular formula is C12H11N3O4. The summed E-state index contributed by atoms with van der Waals surface area (Å²) in [7, 11) is 1.44. The first-order chi connectivity index (χ1) is 9.13. The first-order valence-electron chi connectivity index (χ1n) is 5.32. The zero-order valence-electron chi connectivity index (χ0n) is 10.0. The molecule has 0 radical (unpaired) electrons. The average molecular weight is 261 g/mol. The number of hydrogen-bond acceptors (Lipinski definition) is 5. The molecule has 3 N–H and O–H groups in total. The van der Waals surface area contributed by atoms with Crippen LogP contribution in [0.3, 0.4) is 0 Å². The van der Waals surface area contributed by atoms with Gasteiger partial charge in [0.25, 0.3) is 5.91 Å². The van der Waals surface area contributed by atoms with Crippen LogP contribution in [0.25, 0.3) is 0 Å². The number of H-pyrrole nitrogens is 1. The molecule has 0 unspecified atom stereocenters. The van der Waals surface area contributed by atoms with Gasteiger partial charge in [0.05, 0.1) is 13.4 Å². The molecule has 7 nitrogen and oxygen atoms in total. The van der Waals surface area contributed by atoms with Gasteiger partial charge in [-0.25, -0.2) is 9.78 Å². The van der Waals surface area contributed by atoms with Crippen molar-refractivity contribution >= 4 is 11.9 Å². The monoisotopic (exact) mass is 261 g/mol. The number of carbonyl (C=O) groups excluding carboxylic acids is 2. The molecule has 1 aromatic carbocycles. The third-order valence-corrected chi connectivity index (χ3v) is 2.36. The van der Waals surface area contributed by atoms with Crippen LogP contribution in [0.4, 0.5) is 0 Å². The second kappa shape index (κ2) is 5.21. The Labute approximate surface area is 108 Å². The van der Waals surface area contributed by atoms with E-state index >= 15 is 0 Å². The van der Waals surface area contributed by atoms with E-state index in [2.05, 4.69) is 9.97 Å². The number of primary amides is 1. The Morgan fingerprint density at radius 3 is 2.74 bits per heavy atom. The van der Waals surface area contributed by atoms with E-state index in [0.29, 0.717) is 5.75 Å². The van der Waals surface area contributed by atoms with E-state index in [9.17, 15) is 9.59 Å². The molecular weight excluding hydrogens is 250 g/mol. The lowest BCUT2D eigenvalue weighted by molar-refractivity contribution is 0.0722. The molecule has 1 heterocycles. The first-order valence-corrected chi connectivity index (χ1v) is 5.32. The third-order valence-electron chi connectivity index (χ3n) is 2.36. The van der Waals surface area contributed by atoms with E-state index < -0.39 is 11.9 Å². The quantitative estimate of drug-likeness (QED) is 0.789. The molecule has 2 rings (SSSR count). The largest absolute Gasteiger partial charge is 0.496 e. The highest BCUT2D eigenvalue weighted by atomic mass is 16.5. The minimum Gasteiger partial charge on any atom is -0.496 e. The van der Waals surface area contributed by atoms with Gasteiger partial charge >= 0.3 is 5.97 Å². The van der Waals surface area contributed by atoms with E-state index in [-0.39, 0.29) is 17.1 Å². The molecule has 0 fully saturated rings. The number of para-hydroxylation sites is 1. The van der Waals surface area contributed by atoms with Gasteiger partial charge in [-0.05, 0) is 12.1 Å². The summed E-state index contributed by atoms with van der Waals surface area (Å²) in [6.45, 7) is 0. The van der Waals surface area contributed by atoms with Gasteiger partial charge in [-0.1, -0.05) is 12.1 Å². The maximum Gasteiger partial charge on any atom is 0.348 e. The Kier molecular flexibility index (Phi) is 3.46. The zero-order valence-corrected chi connectivity index (χ0v) is 10.0. The number of nitrogens with two attached hydrogens (primary N) is 1. The second-order valence-electron chi connectivity index (χ2n) is 3.53. The standard InChI is InChI=1S/C12H11N3O4/c1-18-8-5-3-2-4-7(8)12(17)19-11-9(10(13)16)14-6-15-11/h2-6H,1H3,(H2,13,16)(H,14,15). The smallest absolute Gasteiger partial charge is 0.348 e. The summed E-state index contributed by atoms with van der Waals surface area (Å²) in [4.78, 5) is 29.2. The topological polar surface area (TPSA) is 107 Å². The minimum atomic E-state index is -0.788. The lowest BCUT2D eigenvalue weighted by Gasteiger charge is -2.07. The highest BCUT2D eigenvalue weighted by molar-refractivity contribution is 5.97. The number of amides is 1. The molecule has 19 heavy (non-hydrogen) atoms. The van der Waals surface area contributed by atoms with Crippen molar-refractivity contribution < 1.29 is 19.1 Å². The Bertz CT molecular complexity index is 621. The zero-order chi connectivity index (χ0) is 13.8. The molecule has 0 spiro atoms. The molecule has 98 valence electrons.